The molecule has 0 spiro atoms. The van der Waals surface area contributed by atoms with Gasteiger partial charge in [-0.2, -0.15) is 5.26 Å². The van der Waals surface area contributed by atoms with Crippen molar-refractivity contribution in [2.75, 3.05) is 12.9 Å². The highest BCUT2D eigenvalue weighted by Gasteiger charge is 2.21. The summed E-state index contributed by atoms with van der Waals surface area (Å²) in [5.74, 6) is -2.14. The second kappa shape index (κ2) is 9.98. The van der Waals surface area contributed by atoms with E-state index in [1.807, 2.05) is 13.0 Å². The number of thioether (sulfide) groups is 1. The minimum atomic E-state index is -1.11. The molecule has 9 heteroatoms. The molecule has 0 saturated heterocycles. The van der Waals surface area contributed by atoms with E-state index < -0.39 is 17.7 Å². The Morgan fingerprint density at radius 2 is 2.14 bits per heavy atom. The molecule has 0 fully saturated rings. The number of nitriles is 1. The molecule has 0 aliphatic carbocycles. The predicted molar refractivity (Wildman–Crippen MR) is 110 cm³/mol. The first-order valence-electron chi connectivity index (χ1n) is 9.07. The SMILES string of the molecule is CCCCn1c(SCC(=O)[C@H](C#N)C(C)=N)nc2cc(C(=O)OC)ccc2c1=O. The number of methoxy groups -OCH3 is 1. The highest BCUT2D eigenvalue weighted by molar-refractivity contribution is 7.99. The van der Waals surface area contributed by atoms with Gasteiger partial charge in [0.2, 0.25) is 0 Å². The van der Waals surface area contributed by atoms with E-state index in [0.717, 1.165) is 24.6 Å². The van der Waals surface area contributed by atoms with Gasteiger partial charge in [0.1, 0.15) is 5.92 Å². The van der Waals surface area contributed by atoms with E-state index in [1.54, 1.807) is 6.07 Å². The Hall–Kier alpha value is -2.99. The lowest BCUT2D eigenvalue weighted by atomic mass is 10.0. The summed E-state index contributed by atoms with van der Waals surface area (Å²) in [6.45, 7) is 3.86. The third-order valence-electron chi connectivity index (χ3n) is 4.30. The summed E-state index contributed by atoms with van der Waals surface area (Å²) in [4.78, 5) is 41.5. The summed E-state index contributed by atoms with van der Waals surface area (Å²) in [6, 6.07) is 6.37. The number of Topliss-reactive ketones (excluding diaryl/α,β-unsaturated/α-hetero) is 1. The Morgan fingerprint density at radius 1 is 1.41 bits per heavy atom. The highest BCUT2D eigenvalue weighted by Crippen LogP contribution is 2.21. The van der Waals surface area contributed by atoms with Gasteiger partial charge in [-0.1, -0.05) is 25.1 Å². The van der Waals surface area contributed by atoms with Crippen molar-refractivity contribution >= 4 is 40.1 Å². The molecular weight excluding hydrogens is 392 g/mol. The second-order valence-corrected chi connectivity index (χ2v) is 7.37. The van der Waals surface area contributed by atoms with E-state index in [-0.39, 0.29) is 22.6 Å². The van der Waals surface area contributed by atoms with Crippen LogP contribution >= 0.6 is 11.8 Å². The molecule has 2 rings (SSSR count). The van der Waals surface area contributed by atoms with Crippen LogP contribution in [0.25, 0.3) is 10.9 Å². The number of carbonyl (C=O) groups excluding carboxylic acids is 2. The fourth-order valence-electron chi connectivity index (χ4n) is 2.70. The molecule has 2 aromatic rings. The number of ether oxygens (including phenoxy) is 1. The smallest absolute Gasteiger partial charge is 0.337 e. The van der Waals surface area contributed by atoms with Crippen LogP contribution in [0.1, 0.15) is 37.0 Å². The number of unbranched alkanes of at least 4 members (excludes halogenated alkanes) is 1. The Bertz CT molecular complexity index is 1050. The maximum atomic E-state index is 13.0. The van der Waals surface area contributed by atoms with Crippen LogP contribution in [0.4, 0.5) is 0 Å². The van der Waals surface area contributed by atoms with Gasteiger partial charge in [0.05, 0.1) is 35.4 Å². The molecule has 1 aromatic heterocycles. The molecule has 1 atom stereocenters. The number of ketones is 1. The number of hydrogen-bond donors (Lipinski definition) is 1. The summed E-state index contributed by atoms with van der Waals surface area (Å²) in [5, 5.41) is 17.4. The van der Waals surface area contributed by atoms with E-state index in [1.165, 1.54) is 30.7 Å². The van der Waals surface area contributed by atoms with E-state index in [2.05, 4.69) is 4.98 Å². The highest BCUT2D eigenvalue weighted by atomic mass is 32.2. The number of nitrogens with zero attached hydrogens (tertiary/aromatic N) is 3. The molecule has 0 aliphatic heterocycles. The maximum absolute atomic E-state index is 13.0. The first-order valence-corrected chi connectivity index (χ1v) is 10.1. The molecule has 1 aromatic carbocycles. The third-order valence-corrected chi connectivity index (χ3v) is 5.30. The number of fused-ring (bicyclic) bond motifs is 1. The average molecular weight is 414 g/mol. The third kappa shape index (κ3) is 5.09. The second-order valence-electron chi connectivity index (χ2n) is 6.43. The van der Waals surface area contributed by atoms with Crippen LogP contribution in [-0.2, 0) is 16.1 Å². The van der Waals surface area contributed by atoms with Gasteiger partial charge in [-0.05, 0) is 31.5 Å². The van der Waals surface area contributed by atoms with Crippen molar-refractivity contribution < 1.29 is 14.3 Å². The molecule has 8 nitrogen and oxygen atoms in total. The minimum Gasteiger partial charge on any atom is -0.465 e. The number of benzene rings is 1. The van der Waals surface area contributed by atoms with Crippen molar-refractivity contribution in [1.29, 1.82) is 10.7 Å². The molecule has 29 heavy (non-hydrogen) atoms. The van der Waals surface area contributed by atoms with E-state index in [0.29, 0.717) is 22.6 Å². The number of carbonyl (C=O) groups is 2. The average Bonchev–Trinajstić information content (AvgIpc) is 2.70. The molecule has 0 saturated carbocycles. The fourth-order valence-corrected chi connectivity index (χ4v) is 3.63. The molecule has 152 valence electrons. The zero-order valence-electron chi connectivity index (χ0n) is 16.5. The zero-order valence-corrected chi connectivity index (χ0v) is 17.3. The quantitative estimate of drug-likeness (QED) is 0.289. The largest absolute Gasteiger partial charge is 0.465 e. The number of hydrogen-bond acceptors (Lipinski definition) is 8. The van der Waals surface area contributed by atoms with Crippen LogP contribution in [0, 0.1) is 22.7 Å². The van der Waals surface area contributed by atoms with E-state index >= 15 is 0 Å². The van der Waals surface area contributed by atoms with Gasteiger partial charge in [-0.25, -0.2) is 9.78 Å². The topological polar surface area (TPSA) is 126 Å². The number of aromatic nitrogens is 2. The van der Waals surface area contributed by atoms with Gasteiger partial charge in [0, 0.05) is 12.3 Å². The fraction of sp³-hybridized carbons (Fsp3) is 0.400. The molecule has 0 unspecified atom stereocenters. The van der Waals surface area contributed by atoms with Gasteiger partial charge in [-0.3, -0.25) is 14.2 Å². The number of rotatable bonds is 9. The van der Waals surface area contributed by atoms with Crippen molar-refractivity contribution in [1.82, 2.24) is 9.55 Å². The molecule has 1 heterocycles. The zero-order chi connectivity index (χ0) is 21.6. The molecular formula is C20H22N4O4S. The van der Waals surface area contributed by atoms with Crippen LogP contribution in [-0.4, -0.2) is 39.9 Å². The van der Waals surface area contributed by atoms with Crippen LogP contribution in [0.3, 0.4) is 0 Å². The number of nitrogens with one attached hydrogen (secondary N) is 1. The Kier molecular flexibility index (Phi) is 7.67. The Labute approximate surface area is 172 Å². The van der Waals surface area contributed by atoms with Gasteiger partial charge in [0.25, 0.3) is 5.56 Å². The van der Waals surface area contributed by atoms with Crippen molar-refractivity contribution in [3.05, 3.63) is 34.1 Å². The summed E-state index contributed by atoms with van der Waals surface area (Å²) >= 11 is 1.05. The van der Waals surface area contributed by atoms with Crippen molar-refractivity contribution in [2.24, 2.45) is 5.92 Å². The lowest BCUT2D eigenvalue weighted by Crippen LogP contribution is -2.25. The maximum Gasteiger partial charge on any atom is 0.337 e. The molecule has 0 radical (unpaired) electrons. The molecule has 0 amide bonds. The van der Waals surface area contributed by atoms with Crippen molar-refractivity contribution in [3.8, 4) is 6.07 Å². The van der Waals surface area contributed by atoms with Gasteiger partial charge < -0.3 is 10.1 Å². The van der Waals surface area contributed by atoms with Gasteiger partial charge >= 0.3 is 5.97 Å². The van der Waals surface area contributed by atoms with Gasteiger partial charge in [-0.15, -0.1) is 0 Å². The molecule has 0 bridgehead atoms. The van der Waals surface area contributed by atoms with Crippen LogP contribution in [0.15, 0.2) is 28.2 Å². The van der Waals surface area contributed by atoms with Crippen molar-refractivity contribution in [2.45, 2.75) is 38.4 Å². The Balaban J connectivity index is 2.48. The summed E-state index contributed by atoms with van der Waals surface area (Å²) in [6.07, 6.45) is 1.63. The minimum absolute atomic E-state index is 0.0179. The summed E-state index contributed by atoms with van der Waals surface area (Å²) in [5.41, 5.74) is 0.334. The Morgan fingerprint density at radius 3 is 2.72 bits per heavy atom. The summed E-state index contributed by atoms with van der Waals surface area (Å²) in [7, 11) is 1.27. The predicted octanol–water partition coefficient (Wildman–Crippen LogP) is 2.82. The van der Waals surface area contributed by atoms with E-state index in [4.69, 9.17) is 15.4 Å². The van der Waals surface area contributed by atoms with E-state index in [9.17, 15) is 14.4 Å². The van der Waals surface area contributed by atoms with Crippen LogP contribution in [0.2, 0.25) is 0 Å². The lowest BCUT2D eigenvalue weighted by molar-refractivity contribution is -0.117. The van der Waals surface area contributed by atoms with Crippen LogP contribution in [0.5, 0.6) is 0 Å². The first kappa shape index (κ1) is 22.3. The molecule has 1 N–H and O–H groups in total. The van der Waals surface area contributed by atoms with Crippen molar-refractivity contribution in [3.63, 3.8) is 0 Å². The lowest BCUT2D eigenvalue weighted by Gasteiger charge is -2.13. The summed E-state index contributed by atoms with van der Waals surface area (Å²) < 4.78 is 6.23. The van der Waals surface area contributed by atoms with Gasteiger partial charge in [0.15, 0.2) is 10.9 Å². The molecule has 0 aliphatic rings. The number of esters is 1. The first-order chi connectivity index (χ1) is 13.8. The standard InChI is InChI=1S/C20H22N4O4S/c1-4-5-8-24-18(26)14-7-6-13(19(27)28-3)9-16(14)23-20(24)29-11-17(25)15(10-21)12(2)22/h6-7,9,15,22H,4-5,8,11H2,1-3H3/t15-/m1/s1. The normalized spacial score (nSPS) is 11.7. The van der Waals surface area contributed by atoms with Crippen LogP contribution < -0.4 is 5.56 Å². The monoisotopic (exact) mass is 414 g/mol.